The number of carboxylic acids is 2. The lowest BCUT2D eigenvalue weighted by Gasteiger charge is -2.27. The summed E-state index contributed by atoms with van der Waals surface area (Å²) in [7, 11) is 0. The Labute approximate surface area is 416 Å². The van der Waals surface area contributed by atoms with Gasteiger partial charge in [0.15, 0.2) is 0 Å². The fourth-order valence-electron chi connectivity index (χ4n) is 6.83. The summed E-state index contributed by atoms with van der Waals surface area (Å²) >= 11 is 0. The molecule has 0 aliphatic carbocycles. The van der Waals surface area contributed by atoms with Crippen LogP contribution < -0.4 is 59.7 Å². The smallest absolute Gasteiger partial charge is 0.326 e. The maximum atomic E-state index is 13.9. The number of phenols is 1. The minimum atomic E-state index is -2.03. The number of carbonyl (C=O) groups excluding carboxylic acids is 9. The molecule has 404 valence electrons. The lowest BCUT2D eigenvalue weighted by atomic mass is 10.0. The lowest BCUT2D eigenvalue weighted by Crippen LogP contribution is -2.61. The summed E-state index contributed by atoms with van der Waals surface area (Å²) < 4.78 is 0. The molecule has 27 nitrogen and oxygen atoms in total. The van der Waals surface area contributed by atoms with Crippen LogP contribution >= 0.6 is 0 Å². The number of hydrogen-bond donors (Lipinski definition) is 16. The fraction of sp³-hybridized carbons (Fsp3) is 0.622. The third kappa shape index (κ3) is 24.2. The van der Waals surface area contributed by atoms with Crippen LogP contribution in [0.15, 0.2) is 24.3 Å². The highest BCUT2D eigenvalue weighted by atomic mass is 16.4. The van der Waals surface area contributed by atoms with E-state index >= 15 is 0 Å². The van der Waals surface area contributed by atoms with Gasteiger partial charge in [0.05, 0.1) is 31.7 Å². The van der Waals surface area contributed by atoms with Crippen LogP contribution in [-0.4, -0.2) is 165 Å². The zero-order valence-corrected chi connectivity index (χ0v) is 41.1. The zero-order valence-electron chi connectivity index (χ0n) is 41.1. The molecule has 0 heterocycles. The first kappa shape index (κ1) is 63.0. The van der Waals surface area contributed by atoms with E-state index < -0.39 is 158 Å². The van der Waals surface area contributed by atoms with E-state index in [-0.39, 0.29) is 36.0 Å². The molecule has 0 aliphatic heterocycles. The third-order valence-electron chi connectivity index (χ3n) is 10.6. The first-order chi connectivity index (χ1) is 33.7. The van der Waals surface area contributed by atoms with E-state index in [0.29, 0.717) is 25.8 Å². The van der Waals surface area contributed by atoms with E-state index in [4.69, 9.17) is 17.2 Å². The third-order valence-corrected chi connectivity index (χ3v) is 10.6. The van der Waals surface area contributed by atoms with Gasteiger partial charge in [-0.3, -0.25) is 47.9 Å². The molecule has 72 heavy (non-hydrogen) atoms. The molecule has 1 rings (SSSR count). The number of phenolic OH excluding ortho intramolecular Hbond substituents is 1. The number of amides is 9. The summed E-state index contributed by atoms with van der Waals surface area (Å²) in [5.41, 5.74) is 17.0. The number of nitrogens with two attached hydrogens (primary N) is 3. The van der Waals surface area contributed by atoms with E-state index in [1.54, 1.807) is 13.8 Å². The predicted molar refractivity (Wildman–Crippen MR) is 255 cm³/mol. The normalized spacial score (nSPS) is 14.9. The van der Waals surface area contributed by atoms with E-state index in [0.717, 1.165) is 6.92 Å². The number of carbonyl (C=O) groups is 11. The van der Waals surface area contributed by atoms with E-state index in [1.807, 2.05) is 13.8 Å². The topological polar surface area (TPSA) is 463 Å². The molecule has 0 bridgehead atoms. The van der Waals surface area contributed by atoms with Crippen LogP contribution in [0, 0.1) is 11.8 Å². The van der Waals surface area contributed by atoms with Crippen LogP contribution in [0.25, 0.3) is 0 Å². The lowest BCUT2D eigenvalue weighted by molar-refractivity contribution is -0.142. The van der Waals surface area contributed by atoms with Crippen LogP contribution in [-0.2, 0) is 59.2 Å². The monoisotopic (exact) mass is 1020 g/mol. The number of aromatic hydroxyl groups is 1. The van der Waals surface area contributed by atoms with Gasteiger partial charge in [-0.1, -0.05) is 39.8 Å². The first-order valence-corrected chi connectivity index (χ1v) is 23.3. The van der Waals surface area contributed by atoms with Crippen LogP contribution in [0.4, 0.5) is 0 Å². The number of nitrogens with one attached hydrogen (secondary N) is 8. The minimum absolute atomic E-state index is 0.0424. The van der Waals surface area contributed by atoms with Crippen LogP contribution in [0.1, 0.15) is 91.5 Å². The molecule has 0 fully saturated rings. The molecule has 1 aromatic rings. The van der Waals surface area contributed by atoms with Gasteiger partial charge < -0.3 is 85.3 Å². The molecule has 0 saturated carbocycles. The number of hydrogen-bond acceptors (Lipinski definition) is 16. The van der Waals surface area contributed by atoms with Crippen molar-refractivity contribution < 1.29 is 78.3 Å². The highest BCUT2D eigenvalue weighted by Gasteiger charge is 2.36. The van der Waals surface area contributed by atoms with Gasteiger partial charge in [0.25, 0.3) is 0 Å². The van der Waals surface area contributed by atoms with Gasteiger partial charge in [-0.05, 0) is 81.5 Å². The maximum Gasteiger partial charge on any atom is 0.326 e. The van der Waals surface area contributed by atoms with Crippen molar-refractivity contribution in [2.75, 3.05) is 19.7 Å². The standard InChI is InChI=1S/C45H73N11O16/c1-22(2)16-27(47)38(64)52-30(17-23(3)4)40(66)55-33(21-57)43(69)51-28(13-14-34(48)60)39(65)54-32(19-36(62)63)41(67)53-31(18-25-9-11-26(59)12-10-25)42(68)56-37(24(5)58)44(70)49-20-35(61)50-29(45(71)72)8-6-7-15-46/h9-12,22-24,27-33,37,57-59H,6-8,13-21,46-47H2,1-5H3,(H2,48,60)(H,49,70)(H,50,61)(H,51,69)(H,52,64)(H,53,67)(H,54,65)(H,55,66)(H,56,68)(H,62,63)(H,71,72)/t24-,27+,28+,29+,30+,31+,32+,33+,37+/m1/s1. The molecule has 0 saturated heterocycles. The molecule has 0 aromatic heterocycles. The summed E-state index contributed by atoms with van der Waals surface area (Å²) in [4.78, 5) is 143. The Hall–Kier alpha value is -6.97. The van der Waals surface area contributed by atoms with Gasteiger partial charge in [-0.15, -0.1) is 0 Å². The Bertz CT molecular complexity index is 2020. The molecule has 0 aliphatic rings. The molecular formula is C45H73N11O16. The van der Waals surface area contributed by atoms with Crippen molar-refractivity contribution in [1.82, 2.24) is 42.5 Å². The number of benzene rings is 1. The van der Waals surface area contributed by atoms with Gasteiger partial charge >= 0.3 is 11.9 Å². The van der Waals surface area contributed by atoms with Gasteiger partial charge in [0.1, 0.15) is 48.0 Å². The summed E-state index contributed by atoms with van der Waals surface area (Å²) in [5, 5.41) is 68.0. The molecule has 19 N–H and O–H groups in total. The number of aliphatic carboxylic acids is 2. The number of unbranched alkanes of at least 4 members (excludes halogenated alkanes) is 1. The average molecular weight is 1020 g/mol. The number of carboxylic acid groups (broad SMARTS) is 2. The van der Waals surface area contributed by atoms with Crippen molar-refractivity contribution >= 4 is 65.1 Å². The van der Waals surface area contributed by atoms with E-state index in [9.17, 15) is 78.3 Å². The highest BCUT2D eigenvalue weighted by molar-refractivity contribution is 5.99. The molecule has 27 heteroatoms. The molecular weight excluding hydrogens is 951 g/mol. The Balaban J connectivity index is 3.42. The number of primary amides is 1. The van der Waals surface area contributed by atoms with Gasteiger partial charge in [0, 0.05) is 12.8 Å². The molecule has 0 spiro atoms. The second kappa shape index (κ2) is 32.1. The van der Waals surface area contributed by atoms with Crippen molar-refractivity contribution in [3.63, 3.8) is 0 Å². The predicted octanol–water partition coefficient (Wildman–Crippen LogP) is -4.81. The minimum Gasteiger partial charge on any atom is -0.508 e. The van der Waals surface area contributed by atoms with Crippen molar-refractivity contribution in [2.45, 2.75) is 147 Å². The maximum absolute atomic E-state index is 13.9. The average Bonchev–Trinajstić information content (AvgIpc) is 3.28. The van der Waals surface area contributed by atoms with Crippen LogP contribution in [0.5, 0.6) is 5.75 Å². The molecule has 0 unspecified atom stereocenters. The number of aliphatic hydroxyl groups excluding tert-OH is 2. The summed E-state index contributed by atoms with van der Waals surface area (Å²) in [6.07, 6.45) is -3.02. The Morgan fingerprint density at radius 1 is 0.597 bits per heavy atom. The van der Waals surface area contributed by atoms with E-state index in [2.05, 4.69) is 42.5 Å². The quantitative estimate of drug-likeness (QED) is 0.0288. The SMILES string of the molecule is CC(C)C[C@H](NC(=O)[C@@H](N)CC(C)C)C(=O)N[C@@H](CO)C(=O)N[C@@H](CCC(N)=O)C(=O)N[C@@H](CC(=O)O)C(=O)N[C@@H](Cc1ccc(O)cc1)C(=O)N[C@H](C(=O)NCC(=O)N[C@@H](CCCCN)C(=O)O)[C@@H](C)O. The van der Waals surface area contributed by atoms with Crippen molar-refractivity contribution in [3.8, 4) is 5.75 Å². The second-order valence-electron chi connectivity index (χ2n) is 18.0. The molecule has 0 radical (unpaired) electrons. The number of aliphatic hydroxyl groups is 2. The summed E-state index contributed by atoms with van der Waals surface area (Å²) in [6, 6.07) is -7.41. The molecule has 9 atom stereocenters. The van der Waals surface area contributed by atoms with Crippen LogP contribution in [0.3, 0.4) is 0 Å². The van der Waals surface area contributed by atoms with Crippen molar-refractivity contribution in [3.05, 3.63) is 29.8 Å². The van der Waals surface area contributed by atoms with Crippen LogP contribution in [0.2, 0.25) is 0 Å². The summed E-state index contributed by atoms with van der Waals surface area (Å²) in [5.74, 6) is -12.7. The van der Waals surface area contributed by atoms with Crippen molar-refractivity contribution in [2.24, 2.45) is 29.0 Å². The van der Waals surface area contributed by atoms with E-state index in [1.165, 1.54) is 24.3 Å². The Morgan fingerprint density at radius 3 is 1.64 bits per heavy atom. The second-order valence-corrected chi connectivity index (χ2v) is 18.0. The van der Waals surface area contributed by atoms with Crippen molar-refractivity contribution in [1.29, 1.82) is 0 Å². The van der Waals surface area contributed by atoms with Gasteiger partial charge in [-0.25, -0.2) is 4.79 Å². The zero-order chi connectivity index (χ0) is 54.8. The number of rotatable bonds is 34. The first-order valence-electron chi connectivity index (χ1n) is 23.3. The van der Waals surface area contributed by atoms with Gasteiger partial charge in [0.2, 0.25) is 53.2 Å². The largest absolute Gasteiger partial charge is 0.508 e. The molecule has 1 aromatic carbocycles. The highest BCUT2D eigenvalue weighted by Crippen LogP contribution is 2.13. The Kier molecular flexibility index (Phi) is 28.1. The Morgan fingerprint density at radius 2 is 1.11 bits per heavy atom. The van der Waals surface area contributed by atoms with Gasteiger partial charge in [-0.2, -0.15) is 0 Å². The fourth-order valence-corrected chi connectivity index (χ4v) is 6.83. The molecule has 9 amide bonds. The summed E-state index contributed by atoms with van der Waals surface area (Å²) in [6.45, 7) is 6.78.